The summed E-state index contributed by atoms with van der Waals surface area (Å²) in [4.78, 5) is 24.7. The van der Waals surface area contributed by atoms with Crippen molar-refractivity contribution < 1.29 is 14.3 Å². The number of carbonyl (C=O) groups is 2. The molecule has 0 N–H and O–H groups in total. The van der Waals surface area contributed by atoms with Gasteiger partial charge in [-0.1, -0.05) is 12.1 Å². The second-order valence-corrected chi connectivity index (χ2v) is 3.94. The number of hydrogen-bond acceptors (Lipinski definition) is 4. The molecule has 0 atom stereocenters. The summed E-state index contributed by atoms with van der Waals surface area (Å²) in [7, 11) is 5.15. The molecule has 0 aliphatic carbocycles. The predicted molar refractivity (Wildman–Crippen MR) is 66.3 cm³/mol. The highest BCUT2D eigenvalue weighted by Crippen LogP contribution is 2.15. The summed E-state index contributed by atoms with van der Waals surface area (Å²) in [5.74, 6) is -0.402. The fraction of sp³-hybridized carbons (Fsp3) is 0.385. The van der Waals surface area contributed by atoms with E-state index >= 15 is 0 Å². The summed E-state index contributed by atoms with van der Waals surface area (Å²) in [6, 6.07) is 7.34. The standard InChI is InChI=1S/C13H17NO3/c1-14(2)11-6-4-5-10(9-11)12(15)7-8-13(16)17-3/h4-6,9H,7-8H2,1-3H3. The molecule has 1 rings (SSSR count). The van der Waals surface area contributed by atoms with E-state index in [1.54, 1.807) is 6.07 Å². The molecule has 0 amide bonds. The van der Waals surface area contributed by atoms with Crippen molar-refractivity contribution in [2.45, 2.75) is 12.8 Å². The Morgan fingerprint density at radius 1 is 1.24 bits per heavy atom. The number of ether oxygens (including phenoxy) is 1. The first-order valence-corrected chi connectivity index (χ1v) is 5.42. The van der Waals surface area contributed by atoms with E-state index < -0.39 is 0 Å². The first-order chi connectivity index (χ1) is 8.04. The number of ketones is 1. The van der Waals surface area contributed by atoms with Crippen LogP contribution in [-0.2, 0) is 9.53 Å². The zero-order valence-corrected chi connectivity index (χ0v) is 10.4. The summed E-state index contributed by atoms with van der Waals surface area (Å²) in [5, 5.41) is 0. The second kappa shape index (κ2) is 6.03. The lowest BCUT2D eigenvalue weighted by Gasteiger charge is -2.13. The Bertz CT molecular complexity index is 413. The van der Waals surface area contributed by atoms with Gasteiger partial charge in [0.15, 0.2) is 5.78 Å². The van der Waals surface area contributed by atoms with E-state index in [-0.39, 0.29) is 24.6 Å². The van der Waals surface area contributed by atoms with Crippen LogP contribution in [-0.4, -0.2) is 33.0 Å². The van der Waals surface area contributed by atoms with Crippen molar-refractivity contribution in [1.29, 1.82) is 0 Å². The normalized spacial score (nSPS) is 9.82. The maximum atomic E-state index is 11.8. The molecule has 0 aliphatic rings. The zero-order valence-electron chi connectivity index (χ0n) is 10.4. The van der Waals surface area contributed by atoms with Crippen LogP contribution in [0.1, 0.15) is 23.2 Å². The van der Waals surface area contributed by atoms with E-state index in [0.29, 0.717) is 5.56 Å². The predicted octanol–water partition coefficient (Wildman–Crippen LogP) is 1.89. The number of anilines is 1. The Balaban J connectivity index is 2.69. The maximum Gasteiger partial charge on any atom is 0.305 e. The number of rotatable bonds is 5. The highest BCUT2D eigenvalue weighted by molar-refractivity contribution is 5.98. The molecular weight excluding hydrogens is 218 g/mol. The number of nitrogens with zero attached hydrogens (tertiary/aromatic N) is 1. The van der Waals surface area contributed by atoms with Crippen molar-refractivity contribution in [2.24, 2.45) is 0 Å². The molecule has 4 nitrogen and oxygen atoms in total. The Morgan fingerprint density at radius 3 is 2.53 bits per heavy atom. The number of Topliss-reactive ketones (excluding diaryl/α,β-unsaturated/α-hetero) is 1. The number of benzene rings is 1. The van der Waals surface area contributed by atoms with E-state index in [1.807, 2.05) is 37.2 Å². The SMILES string of the molecule is COC(=O)CCC(=O)c1cccc(N(C)C)c1. The minimum atomic E-state index is -0.359. The van der Waals surface area contributed by atoms with Crippen LogP contribution in [0.3, 0.4) is 0 Å². The monoisotopic (exact) mass is 235 g/mol. The van der Waals surface area contributed by atoms with Crippen LogP contribution < -0.4 is 4.90 Å². The third-order valence-corrected chi connectivity index (χ3v) is 2.47. The molecule has 0 saturated carbocycles. The van der Waals surface area contributed by atoms with Crippen LogP contribution >= 0.6 is 0 Å². The summed E-state index contributed by atoms with van der Waals surface area (Å²) < 4.78 is 4.50. The van der Waals surface area contributed by atoms with Crippen LogP contribution in [0.4, 0.5) is 5.69 Å². The van der Waals surface area contributed by atoms with Crippen LogP contribution in [0.15, 0.2) is 24.3 Å². The fourth-order valence-electron chi connectivity index (χ4n) is 1.42. The molecule has 0 unspecified atom stereocenters. The largest absolute Gasteiger partial charge is 0.469 e. The molecule has 0 heterocycles. The molecule has 0 fully saturated rings. The minimum absolute atomic E-state index is 0.0425. The van der Waals surface area contributed by atoms with Crippen LogP contribution in [0, 0.1) is 0 Å². The Labute approximate surface area is 101 Å². The van der Waals surface area contributed by atoms with Gasteiger partial charge in [0.2, 0.25) is 0 Å². The summed E-state index contributed by atoms with van der Waals surface area (Å²) in [6.45, 7) is 0. The molecule has 17 heavy (non-hydrogen) atoms. The first kappa shape index (κ1) is 13.2. The highest BCUT2D eigenvalue weighted by Gasteiger charge is 2.10. The van der Waals surface area contributed by atoms with Crippen molar-refractivity contribution in [2.75, 3.05) is 26.1 Å². The molecule has 0 radical (unpaired) electrons. The molecule has 0 aliphatic heterocycles. The second-order valence-electron chi connectivity index (χ2n) is 3.94. The minimum Gasteiger partial charge on any atom is -0.469 e. The van der Waals surface area contributed by atoms with E-state index in [9.17, 15) is 9.59 Å². The lowest BCUT2D eigenvalue weighted by atomic mass is 10.1. The summed E-state index contributed by atoms with van der Waals surface area (Å²) >= 11 is 0. The van der Waals surface area contributed by atoms with Crippen LogP contribution in [0.25, 0.3) is 0 Å². The average molecular weight is 235 g/mol. The summed E-state index contributed by atoms with van der Waals surface area (Å²) in [5.41, 5.74) is 1.59. The van der Waals surface area contributed by atoms with Gasteiger partial charge in [-0.2, -0.15) is 0 Å². The molecule has 1 aromatic rings. The lowest BCUT2D eigenvalue weighted by Crippen LogP contribution is -2.10. The molecule has 92 valence electrons. The van der Waals surface area contributed by atoms with Crippen molar-refractivity contribution in [1.82, 2.24) is 0 Å². The van der Waals surface area contributed by atoms with Gasteiger partial charge in [-0.25, -0.2) is 0 Å². The fourth-order valence-corrected chi connectivity index (χ4v) is 1.42. The van der Waals surface area contributed by atoms with Gasteiger partial charge in [-0.05, 0) is 12.1 Å². The van der Waals surface area contributed by atoms with Gasteiger partial charge < -0.3 is 9.64 Å². The van der Waals surface area contributed by atoms with Gasteiger partial charge in [0.05, 0.1) is 13.5 Å². The van der Waals surface area contributed by atoms with Gasteiger partial charge in [-0.15, -0.1) is 0 Å². The number of carbonyl (C=O) groups excluding carboxylic acids is 2. The van der Waals surface area contributed by atoms with Crippen LogP contribution in [0.2, 0.25) is 0 Å². The molecular formula is C13H17NO3. The zero-order chi connectivity index (χ0) is 12.8. The van der Waals surface area contributed by atoms with Crippen LogP contribution in [0.5, 0.6) is 0 Å². The van der Waals surface area contributed by atoms with E-state index in [4.69, 9.17) is 0 Å². The van der Waals surface area contributed by atoms with E-state index in [2.05, 4.69) is 4.74 Å². The molecule has 4 heteroatoms. The molecule has 1 aromatic carbocycles. The molecule has 0 spiro atoms. The summed E-state index contributed by atoms with van der Waals surface area (Å²) in [6.07, 6.45) is 0.311. The van der Waals surface area contributed by atoms with Gasteiger partial charge in [0, 0.05) is 31.8 Å². The third kappa shape index (κ3) is 3.90. The number of hydrogen-bond donors (Lipinski definition) is 0. The topological polar surface area (TPSA) is 46.6 Å². The van der Waals surface area contributed by atoms with E-state index in [1.165, 1.54) is 7.11 Å². The highest BCUT2D eigenvalue weighted by atomic mass is 16.5. The Kier molecular flexibility index (Phi) is 4.69. The Morgan fingerprint density at radius 2 is 1.94 bits per heavy atom. The lowest BCUT2D eigenvalue weighted by molar-refractivity contribution is -0.140. The number of methoxy groups -OCH3 is 1. The van der Waals surface area contributed by atoms with E-state index in [0.717, 1.165) is 5.69 Å². The average Bonchev–Trinajstić information content (AvgIpc) is 2.35. The van der Waals surface area contributed by atoms with Gasteiger partial charge in [-0.3, -0.25) is 9.59 Å². The van der Waals surface area contributed by atoms with Crippen molar-refractivity contribution in [3.8, 4) is 0 Å². The van der Waals surface area contributed by atoms with Crippen molar-refractivity contribution in [3.63, 3.8) is 0 Å². The van der Waals surface area contributed by atoms with Gasteiger partial charge in [0.25, 0.3) is 0 Å². The Hall–Kier alpha value is -1.84. The molecule has 0 bridgehead atoms. The molecule has 0 aromatic heterocycles. The van der Waals surface area contributed by atoms with Crippen molar-refractivity contribution in [3.05, 3.63) is 29.8 Å². The van der Waals surface area contributed by atoms with Crippen molar-refractivity contribution >= 4 is 17.4 Å². The first-order valence-electron chi connectivity index (χ1n) is 5.42. The quantitative estimate of drug-likeness (QED) is 0.577. The third-order valence-electron chi connectivity index (χ3n) is 2.47. The maximum absolute atomic E-state index is 11.8. The van der Waals surface area contributed by atoms with Gasteiger partial charge >= 0.3 is 5.97 Å². The van der Waals surface area contributed by atoms with Gasteiger partial charge in [0.1, 0.15) is 0 Å². The number of esters is 1. The smallest absolute Gasteiger partial charge is 0.305 e. The molecule has 0 saturated heterocycles.